The van der Waals surface area contributed by atoms with E-state index in [0.29, 0.717) is 5.65 Å². The number of rotatable bonds is 4. The fraction of sp³-hybridized carbons (Fsp3) is 0.588. The van der Waals surface area contributed by atoms with Crippen molar-refractivity contribution in [1.82, 2.24) is 25.4 Å². The third-order valence-corrected chi connectivity index (χ3v) is 4.77. The molecule has 3 rings (SSSR count). The minimum absolute atomic E-state index is 0.108. The van der Waals surface area contributed by atoms with Crippen molar-refractivity contribution in [3.05, 3.63) is 23.0 Å². The van der Waals surface area contributed by atoms with E-state index in [-0.39, 0.29) is 5.91 Å². The number of fused-ring (bicyclic) bond motifs is 1. The van der Waals surface area contributed by atoms with Crippen LogP contribution in [0.25, 0.3) is 11.0 Å². The van der Waals surface area contributed by atoms with Crippen LogP contribution in [0, 0.1) is 19.8 Å². The maximum Gasteiger partial charge on any atom is 0.254 e. The molecule has 2 N–H and O–H groups in total. The van der Waals surface area contributed by atoms with Crippen LogP contribution in [0.15, 0.2) is 6.07 Å². The number of hydrogen-bond acceptors (Lipinski definition) is 4. The Bertz CT molecular complexity index is 700. The van der Waals surface area contributed by atoms with Crippen LogP contribution < -0.4 is 5.32 Å². The predicted octanol–water partition coefficient (Wildman–Crippen LogP) is 2.04. The summed E-state index contributed by atoms with van der Waals surface area (Å²) in [4.78, 5) is 19.4. The molecule has 0 atom stereocenters. The molecule has 0 unspecified atom stereocenters. The summed E-state index contributed by atoms with van der Waals surface area (Å²) in [6.45, 7) is 6.58. The van der Waals surface area contributed by atoms with Crippen LogP contribution in [-0.4, -0.2) is 52.7 Å². The summed E-state index contributed by atoms with van der Waals surface area (Å²) < 4.78 is 0. The summed E-state index contributed by atoms with van der Waals surface area (Å²) in [5, 5.41) is 11.2. The number of aryl methyl sites for hydroxylation is 2. The zero-order valence-electron chi connectivity index (χ0n) is 14.1. The molecule has 1 amide bonds. The van der Waals surface area contributed by atoms with Crippen LogP contribution in [0.5, 0.6) is 0 Å². The Balaban J connectivity index is 1.78. The van der Waals surface area contributed by atoms with E-state index in [0.717, 1.165) is 60.7 Å². The minimum atomic E-state index is 0.108. The van der Waals surface area contributed by atoms with E-state index in [9.17, 15) is 4.79 Å². The first-order valence-electron chi connectivity index (χ1n) is 8.36. The van der Waals surface area contributed by atoms with Crippen molar-refractivity contribution in [2.75, 3.05) is 26.7 Å². The standard InChI is InChI=1S/C17H25N5O/c1-11-10-14(15-12(2)20-21-16(15)19-11)17(23)22-8-5-13(6-9-22)4-7-18-3/h10,13,18H,4-9H2,1-3H3,(H,19,20,21). The van der Waals surface area contributed by atoms with Gasteiger partial charge in [0.15, 0.2) is 5.65 Å². The average molecular weight is 315 g/mol. The van der Waals surface area contributed by atoms with Gasteiger partial charge >= 0.3 is 0 Å². The number of amides is 1. The Kier molecular flexibility index (Phi) is 4.61. The first-order valence-corrected chi connectivity index (χ1v) is 8.36. The van der Waals surface area contributed by atoms with Gasteiger partial charge in [0.2, 0.25) is 0 Å². The van der Waals surface area contributed by atoms with E-state index in [1.54, 1.807) is 0 Å². The number of hydrogen-bond donors (Lipinski definition) is 2. The molecule has 0 radical (unpaired) electrons. The molecule has 0 spiro atoms. The van der Waals surface area contributed by atoms with Crippen LogP contribution >= 0.6 is 0 Å². The lowest BCUT2D eigenvalue weighted by Gasteiger charge is -2.32. The molecular weight excluding hydrogens is 290 g/mol. The van der Waals surface area contributed by atoms with Crippen molar-refractivity contribution < 1.29 is 4.79 Å². The summed E-state index contributed by atoms with van der Waals surface area (Å²) in [6, 6.07) is 1.89. The number of likely N-dealkylation sites (tertiary alicyclic amines) is 1. The van der Waals surface area contributed by atoms with Gasteiger partial charge in [-0.15, -0.1) is 0 Å². The molecule has 23 heavy (non-hydrogen) atoms. The summed E-state index contributed by atoms with van der Waals surface area (Å²) >= 11 is 0. The lowest BCUT2D eigenvalue weighted by Crippen LogP contribution is -2.39. The molecule has 1 aliphatic rings. The second-order valence-electron chi connectivity index (χ2n) is 6.49. The molecular formula is C17H25N5O. The summed E-state index contributed by atoms with van der Waals surface area (Å²) in [7, 11) is 1.99. The molecule has 2 aromatic heterocycles. The van der Waals surface area contributed by atoms with E-state index in [2.05, 4.69) is 20.5 Å². The van der Waals surface area contributed by atoms with Gasteiger partial charge in [0.05, 0.1) is 10.9 Å². The van der Waals surface area contributed by atoms with Crippen molar-refractivity contribution >= 4 is 16.9 Å². The molecule has 6 heteroatoms. The van der Waals surface area contributed by atoms with E-state index in [4.69, 9.17) is 0 Å². The third-order valence-electron chi connectivity index (χ3n) is 4.77. The highest BCUT2D eigenvalue weighted by atomic mass is 16.2. The number of aromatic amines is 1. The zero-order valence-corrected chi connectivity index (χ0v) is 14.1. The molecule has 3 heterocycles. The molecule has 124 valence electrons. The number of nitrogens with one attached hydrogen (secondary N) is 2. The number of carbonyl (C=O) groups is 1. The SMILES string of the molecule is CNCCC1CCN(C(=O)c2cc(C)nc3n[nH]c(C)c23)CC1. The van der Waals surface area contributed by atoms with Gasteiger partial charge in [0.25, 0.3) is 5.91 Å². The Morgan fingerprint density at radius 2 is 2.13 bits per heavy atom. The summed E-state index contributed by atoms with van der Waals surface area (Å²) in [5.74, 6) is 0.832. The fourth-order valence-corrected chi connectivity index (χ4v) is 3.41. The molecule has 0 aromatic carbocycles. The highest BCUT2D eigenvalue weighted by Gasteiger charge is 2.25. The molecule has 0 bridgehead atoms. The summed E-state index contributed by atoms with van der Waals surface area (Å²) in [6.07, 6.45) is 3.37. The molecule has 1 fully saturated rings. The van der Waals surface area contributed by atoms with Crippen molar-refractivity contribution in [1.29, 1.82) is 0 Å². The van der Waals surface area contributed by atoms with E-state index in [1.807, 2.05) is 31.9 Å². The molecule has 1 saturated heterocycles. The number of piperidine rings is 1. The Morgan fingerprint density at radius 1 is 1.39 bits per heavy atom. The van der Waals surface area contributed by atoms with E-state index >= 15 is 0 Å². The molecule has 6 nitrogen and oxygen atoms in total. The minimum Gasteiger partial charge on any atom is -0.339 e. The van der Waals surface area contributed by atoms with Gasteiger partial charge in [-0.25, -0.2) is 4.98 Å². The number of pyridine rings is 1. The van der Waals surface area contributed by atoms with Crippen LogP contribution in [-0.2, 0) is 0 Å². The zero-order chi connectivity index (χ0) is 16.4. The van der Waals surface area contributed by atoms with Gasteiger partial charge in [-0.05, 0) is 58.7 Å². The van der Waals surface area contributed by atoms with Crippen molar-refractivity contribution in [3.63, 3.8) is 0 Å². The third kappa shape index (κ3) is 3.22. The van der Waals surface area contributed by atoms with Gasteiger partial charge in [-0.2, -0.15) is 5.10 Å². The monoisotopic (exact) mass is 315 g/mol. The lowest BCUT2D eigenvalue weighted by atomic mass is 9.93. The van der Waals surface area contributed by atoms with Gasteiger partial charge in [-0.3, -0.25) is 9.89 Å². The molecule has 1 aliphatic heterocycles. The molecule has 0 saturated carbocycles. The lowest BCUT2D eigenvalue weighted by molar-refractivity contribution is 0.0689. The van der Waals surface area contributed by atoms with Gasteiger partial charge in [0.1, 0.15) is 0 Å². The number of H-pyrrole nitrogens is 1. The maximum absolute atomic E-state index is 13.0. The predicted molar refractivity (Wildman–Crippen MR) is 90.5 cm³/mol. The van der Waals surface area contributed by atoms with Gasteiger partial charge in [-0.1, -0.05) is 0 Å². The summed E-state index contributed by atoms with van der Waals surface area (Å²) in [5.41, 5.74) is 3.10. The largest absolute Gasteiger partial charge is 0.339 e. The van der Waals surface area contributed by atoms with Crippen molar-refractivity contribution in [2.24, 2.45) is 5.92 Å². The Morgan fingerprint density at radius 3 is 2.83 bits per heavy atom. The number of carbonyl (C=O) groups excluding carboxylic acids is 1. The van der Waals surface area contributed by atoms with Crippen LogP contribution in [0.3, 0.4) is 0 Å². The average Bonchev–Trinajstić information content (AvgIpc) is 2.93. The normalized spacial score (nSPS) is 16.2. The maximum atomic E-state index is 13.0. The van der Waals surface area contributed by atoms with E-state index in [1.165, 1.54) is 6.42 Å². The van der Waals surface area contributed by atoms with Crippen molar-refractivity contribution in [3.8, 4) is 0 Å². The van der Waals surface area contributed by atoms with Gasteiger partial charge < -0.3 is 10.2 Å². The molecule has 2 aromatic rings. The quantitative estimate of drug-likeness (QED) is 0.905. The Labute approximate surface area is 136 Å². The number of nitrogens with zero attached hydrogens (tertiary/aromatic N) is 3. The second-order valence-corrected chi connectivity index (χ2v) is 6.49. The highest BCUT2D eigenvalue weighted by molar-refractivity contribution is 6.06. The van der Waals surface area contributed by atoms with Crippen LogP contribution in [0.1, 0.15) is 41.0 Å². The van der Waals surface area contributed by atoms with Gasteiger partial charge in [0, 0.05) is 24.5 Å². The smallest absolute Gasteiger partial charge is 0.254 e. The topological polar surface area (TPSA) is 73.9 Å². The number of aromatic nitrogens is 3. The fourth-order valence-electron chi connectivity index (χ4n) is 3.41. The van der Waals surface area contributed by atoms with Crippen LogP contribution in [0.2, 0.25) is 0 Å². The van der Waals surface area contributed by atoms with E-state index < -0.39 is 0 Å². The highest BCUT2D eigenvalue weighted by Crippen LogP contribution is 2.25. The Hall–Kier alpha value is -1.95. The van der Waals surface area contributed by atoms with Crippen LogP contribution in [0.4, 0.5) is 0 Å². The second kappa shape index (κ2) is 6.66. The first kappa shape index (κ1) is 15.9. The van der Waals surface area contributed by atoms with Crippen molar-refractivity contribution in [2.45, 2.75) is 33.1 Å². The first-order chi connectivity index (χ1) is 11.1. The molecule has 0 aliphatic carbocycles.